The van der Waals surface area contributed by atoms with Crippen LogP contribution >= 0.6 is 0 Å². The van der Waals surface area contributed by atoms with Gasteiger partial charge in [0.05, 0.1) is 5.56 Å². The number of hydrogen-bond donors (Lipinski definition) is 2. The van der Waals surface area contributed by atoms with Gasteiger partial charge in [-0.05, 0) is 24.6 Å². The van der Waals surface area contributed by atoms with Gasteiger partial charge in [0.2, 0.25) is 0 Å². The third kappa shape index (κ3) is 3.12. The van der Waals surface area contributed by atoms with Gasteiger partial charge < -0.3 is 10.4 Å². The van der Waals surface area contributed by atoms with Gasteiger partial charge in [-0.3, -0.25) is 0 Å². The fourth-order valence-electron chi connectivity index (χ4n) is 1.76. The van der Waals surface area contributed by atoms with E-state index in [-0.39, 0.29) is 12.2 Å². The molecule has 3 nitrogen and oxygen atoms in total. The lowest BCUT2D eigenvalue weighted by atomic mass is 10.1. The van der Waals surface area contributed by atoms with Gasteiger partial charge in [0.25, 0.3) is 0 Å². The highest BCUT2D eigenvalue weighted by molar-refractivity contribution is 5.88. The van der Waals surface area contributed by atoms with Crippen LogP contribution in [0.15, 0.2) is 36.4 Å². The molecule has 0 aromatic heterocycles. The van der Waals surface area contributed by atoms with Gasteiger partial charge in [-0.1, -0.05) is 29.8 Å². The van der Waals surface area contributed by atoms with Crippen LogP contribution in [0.2, 0.25) is 0 Å². The van der Waals surface area contributed by atoms with Gasteiger partial charge in [0.1, 0.15) is 17.3 Å². The molecule has 0 saturated carbocycles. The number of carboxylic acid groups (broad SMARTS) is 1. The number of rotatable bonds is 4. The normalized spacial score (nSPS) is 10.3. The van der Waals surface area contributed by atoms with Crippen molar-refractivity contribution in [3.63, 3.8) is 0 Å². The Bertz CT molecular complexity index is 616. The first-order chi connectivity index (χ1) is 9.47. The fourth-order valence-corrected chi connectivity index (χ4v) is 1.76. The number of carbonyl (C=O) groups is 1. The Morgan fingerprint density at radius 1 is 1.15 bits per heavy atom. The lowest BCUT2D eigenvalue weighted by molar-refractivity contribution is 0.0696. The molecule has 0 heterocycles. The molecule has 0 atom stereocenters. The number of hydrogen-bond acceptors (Lipinski definition) is 2. The van der Waals surface area contributed by atoms with E-state index in [1.165, 1.54) is 0 Å². The fraction of sp³-hybridized carbons (Fsp3) is 0.133. The van der Waals surface area contributed by atoms with E-state index >= 15 is 0 Å². The van der Waals surface area contributed by atoms with Crippen LogP contribution in [0, 0.1) is 18.6 Å². The van der Waals surface area contributed by atoms with Crippen LogP contribution in [0.25, 0.3) is 0 Å². The van der Waals surface area contributed by atoms with Crippen molar-refractivity contribution in [1.82, 2.24) is 0 Å². The Labute approximate surface area is 114 Å². The van der Waals surface area contributed by atoms with E-state index < -0.39 is 23.2 Å². The molecule has 104 valence electrons. The van der Waals surface area contributed by atoms with Crippen molar-refractivity contribution < 1.29 is 18.7 Å². The number of nitrogens with one attached hydrogen (secondary N) is 1. The van der Waals surface area contributed by atoms with Crippen molar-refractivity contribution in [3.8, 4) is 0 Å². The number of benzene rings is 2. The molecule has 0 fully saturated rings. The van der Waals surface area contributed by atoms with Crippen LogP contribution in [-0.2, 0) is 6.54 Å². The van der Waals surface area contributed by atoms with E-state index in [0.29, 0.717) is 0 Å². The Hall–Kier alpha value is -2.43. The maximum absolute atomic E-state index is 13.7. The molecular formula is C15H13F2NO2. The topological polar surface area (TPSA) is 49.3 Å². The summed E-state index contributed by atoms with van der Waals surface area (Å²) in [5.41, 5.74) is 1.23. The van der Waals surface area contributed by atoms with Crippen LogP contribution in [0.1, 0.15) is 21.5 Å². The molecule has 0 saturated heterocycles. The molecule has 0 unspecified atom stereocenters. The standard InChI is InChI=1S/C15H13F2NO2/c1-9-2-4-10(5-3-9)8-18-14-12(16)6-11(15(19)20)7-13(14)17/h2-7,18H,8H2,1H3,(H,19,20). The van der Waals surface area contributed by atoms with Crippen molar-refractivity contribution in [2.24, 2.45) is 0 Å². The zero-order chi connectivity index (χ0) is 14.7. The van der Waals surface area contributed by atoms with Crippen LogP contribution < -0.4 is 5.32 Å². The van der Waals surface area contributed by atoms with E-state index in [1.54, 1.807) is 0 Å². The van der Waals surface area contributed by atoms with Crippen LogP contribution in [0.3, 0.4) is 0 Å². The second-order valence-corrected chi connectivity index (χ2v) is 4.46. The van der Waals surface area contributed by atoms with Gasteiger partial charge in [-0.25, -0.2) is 13.6 Å². The molecule has 0 radical (unpaired) electrons. The lowest BCUT2D eigenvalue weighted by Gasteiger charge is -2.10. The quantitative estimate of drug-likeness (QED) is 0.898. The number of aromatic carboxylic acids is 1. The first-order valence-corrected chi connectivity index (χ1v) is 5.99. The predicted molar refractivity (Wildman–Crippen MR) is 71.8 cm³/mol. The van der Waals surface area contributed by atoms with E-state index in [0.717, 1.165) is 23.3 Å². The summed E-state index contributed by atoms with van der Waals surface area (Å²) in [4.78, 5) is 10.7. The molecule has 0 spiro atoms. The van der Waals surface area contributed by atoms with Crippen LogP contribution in [0.4, 0.5) is 14.5 Å². The molecular weight excluding hydrogens is 264 g/mol. The van der Waals surface area contributed by atoms with Gasteiger partial charge in [-0.2, -0.15) is 0 Å². The molecule has 5 heteroatoms. The summed E-state index contributed by atoms with van der Waals surface area (Å²) in [5, 5.41) is 11.3. The zero-order valence-electron chi connectivity index (χ0n) is 10.8. The van der Waals surface area contributed by atoms with Crippen molar-refractivity contribution in [3.05, 3.63) is 64.7 Å². The highest BCUT2D eigenvalue weighted by atomic mass is 19.1. The van der Waals surface area contributed by atoms with Gasteiger partial charge >= 0.3 is 5.97 Å². The summed E-state index contributed by atoms with van der Waals surface area (Å²) in [5.74, 6) is -3.21. The second-order valence-electron chi connectivity index (χ2n) is 4.46. The average molecular weight is 277 g/mol. The van der Waals surface area contributed by atoms with Crippen LogP contribution in [-0.4, -0.2) is 11.1 Å². The molecule has 20 heavy (non-hydrogen) atoms. The monoisotopic (exact) mass is 277 g/mol. The summed E-state index contributed by atoms with van der Waals surface area (Å²) in [6.45, 7) is 2.20. The first kappa shape index (κ1) is 14.0. The lowest BCUT2D eigenvalue weighted by Crippen LogP contribution is -2.06. The molecule has 2 aromatic rings. The molecule has 2 aromatic carbocycles. The Morgan fingerprint density at radius 3 is 2.20 bits per heavy atom. The first-order valence-electron chi connectivity index (χ1n) is 5.99. The molecule has 0 aliphatic rings. The van der Waals surface area contributed by atoms with E-state index in [9.17, 15) is 13.6 Å². The number of aryl methyl sites for hydroxylation is 1. The highest BCUT2D eigenvalue weighted by Gasteiger charge is 2.14. The number of anilines is 1. The zero-order valence-corrected chi connectivity index (χ0v) is 10.8. The van der Waals surface area contributed by atoms with Crippen LogP contribution in [0.5, 0.6) is 0 Å². The summed E-state index contributed by atoms with van der Waals surface area (Å²) < 4.78 is 27.3. The van der Waals surface area contributed by atoms with Crippen molar-refractivity contribution in [1.29, 1.82) is 0 Å². The number of halogens is 2. The highest BCUT2D eigenvalue weighted by Crippen LogP contribution is 2.21. The van der Waals surface area contributed by atoms with E-state index in [2.05, 4.69) is 5.32 Å². The Kier molecular flexibility index (Phi) is 3.98. The molecule has 0 aliphatic carbocycles. The molecule has 2 rings (SSSR count). The maximum atomic E-state index is 13.7. The van der Waals surface area contributed by atoms with Gasteiger partial charge in [0, 0.05) is 6.54 Å². The Balaban J connectivity index is 2.17. The smallest absolute Gasteiger partial charge is 0.335 e. The number of carboxylic acids is 1. The van der Waals surface area contributed by atoms with Crippen molar-refractivity contribution in [2.45, 2.75) is 13.5 Å². The van der Waals surface area contributed by atoms with E-state index in [1.807, 2.05) is 31.2 Å². The molecule has 0 amide bonds. The third-order valence-electron chi connectivity index (χ3n) is 2.88. The van der Waals surface area contributed by atoms with Crippen molar-refractivity contribution in [2.75, 3.05) is 5.32 Å². The van der Waals surface area contributed by atoms with Gasteiger partial charge in [0.15, 0.2) is 0 Å². The summed E-state index contributed by atoms with van der Waals surface area (Å²) in [6, 6.07) is 9.09. The maximum Gasteiger partial charge on any atom is 0.335 e. The largest absolute Gasteiger partial charge is 0.478 e. The third-order valence-corrected chi connectivity index (χ3v) is 2.88. The molecule has 0 bridgehead atoms. The summed E-state index contributed by atoms with van der Waals surface area (Å²) >= 11 is 0. The van der Waals surface area contributed by atoms with Crippen molar-refractivity contribution >= 4 is 11.7 Å². The summed E-state index contributed by atoms with van der Waals surface area (Å²) in [6.07, 6.45) is 0. The van der Waals surface area contributed by atoms with E-state index in [4.69, 9.17) is 5.11 Å². The molecule has 2 N–H and O–H groups in total. The minimum Gasteiger partial charge on any atom is -0.478 e. The minimum atomic E-state index is -1.37. The van der Waals surface area contributed by atoms with Gasteiger partial charge in [-0.15, -0.1) is 0 Å². The summed E-state index contributed by atoms with van der Waals surface area (Å²) in [7, 11) is 0. The minimum absolute atomic E-state index is 0.251. The molecule has 0 aliphatic heterocycles. The SMILES string of the molecule is Cc1ccc(CNc2c(F)cc(C(=O)O)cc2F)cc1. The average Bonchev–Trinajstić information content (AvgIpc) is 2.39. The predicted octanol–water partition coefficient (Wildman–Crippen LogP) is 3.58. The second kappa shape index (κ2) is 5.69. The Morgan fingerprint density at radius 2 is 1.70 bits per heavy atom.